The molecule has 0 aromatic carbocycles. The minimum Gasteiger partial charge on any atom is -0.463 e. The van der Waals surface area contributed by atoms with Crippen molar-refractivity contribution in [2.75, 3.05) is 13.2 Å². The Kier molecular flexibility index (Phi) is 9.10. The highest BCUT2D eigenvalue weighted by atomic mass is 16.6. The van der Waals surface area contributed by atoms with Crippen molar-refractivity contribution in [3.05, 3.63) is 0 Å². The van der Waals surface area contributed by atoms with Crippen LogP contribution in [0.15, 0.2) is 0 Å². The van der Waals surface area contributed by atoms with Gasteiger partial charge in [0.2, 0.25) is 6.10 Å². The SMILES string of the molecule is CCC(C)(C)C(=O)OC1CC2CC1C1CCCC21.CCC(C)(C)C(=O)OCC(=O)OC1CCOC1=O. The Morgan fingerprint density at radius 2 is 1.50 bits per heavy atom. The lowest BCUT2D eigenvalue weighted by Crippen LogP contribution is -2.36. The van der Waals surface area contributed by atoms with Crippen molar-refractivity contribution < 1.29 is 38.1 Å². The Hall–Kier alpha value is -2.12. The van der Waals surface area contributed by atoms with Gasteiger partial charge in [-0.1, -0.05) is 20.3 Å². The predicted octanol–water partition coefficient (Wildman–Crippen LogP) is 4.62. The van der Waals surface area contributed by atoms with Crippen LogP contribution in [0.5, 0.6) is 0 Å². The zero-order valence-corrected chi connectivity index (χ0v) is 22.8. The first-order valence-corrected chi connectivity index (χ1v) is 13.6. The lowest BCUT2D eigenvalue weighted by Gasteiger charge is -2.33. The summed E-state index contributed by atoms with van der Waals surface area (Å²) in [5.74, 6) is 1.69. The highest BCUT2D eigenvalue weighted by Gasteiger charge is 2.55. The average Bonchev–Trinajstić information content (AvgIpc) is 3.62. The maximum Gasteiger partial charge on any atom is 0.347 e. The highest BCUT2D eigenvalue weighted by molar-refractivity contribution is 5.83. The number of ether oxygens (including phenoxy) is 4. The Morgan fingerprint density at radius 1 is 0.861 bits per heavy atom. The van der Waals surface area contributed by atoms with E-state index in [-0.39, 0.29) is 24.1 Å². The number of fused-ring (bicyclic) bond motifs is 5. The predicted molar refractivity (Wildman–Crippen MR) is 131 cm³/mol. The lowest BCUT2D eigenvalue weighted by atomic mass is 9.80. The van der Waals surface area contributed by atoms with Gasteiger partial charge in [0.1, 0.15) is 6.10 Å². The molecule has 6 unspecified atom stereocenters. The summed E-state index contributed by atoms with van der Waals surface area (Å²) >= 11 is 0. The average molecular weight is 509 g/mol. The van der Waals surface area contributed by atoms with Crippen LogP contribution in [-0.2, 0) is 38.1 Å². The lowest BCUT2D eigenvalue weighted by molar-refractivity contribution is -0.170. The fourth-order valence-corrected chi connectivity index (χ4v) is 5.82. The van der Waals surface area contributed by atoms with Gasteiger partial charge in [-0.25, -0.2) is 9.59 Å². The quantitative estimate of drug-likeness (QED) is 0.346. The van der Waals surface area contributed by atoms with Crippen molar-refractivity contribution in [2.24, 2.45) is 34.5 Å². The van der Waals surface area contributed by atoms with Crippen LogP contribution in [0, 0.1) is 34.5 Å². The molecule has 0 aromatic rings. The molecular formula is C28H44O8. The first-order valence-electron chi connectivity index (χ1n) is 13.6. The normalized spacial score (nSPS) is 30.7. The molecule has 6 atom stereocenters. The van der Waals surface area contributed by atoms with Crippen molar-refractivity contribution in [1.82, 2.24) is 0 Å². The van der Waals surface area contributed by atoms with Crippen LogP contribution in [-0.4, -0.2) is 49.3 Å². The number of carbonyl (C=O) groups excluding carboxylic acids is 4. The molecule has 3 aliphatic carbocycles. The zero-order chi connectivity index (χ0) is 26.7. The van der Waals surface area contributed by atoms with Crippen molar-refractivity contribution in [1.29, 1.82) is 0 Å². The van der Waals surface area contributed by atoms with E-state index in [9.17, 15) is 19.2 Å². The van der Waals surface area contributed by atoms with E-state index in [1.165, 1.54) is 25.7 Å². The smallest absolute Gasteiger partial charge is 0.347 e. The number of hydrogen-bond donors (Lipinski definition) is 0. The van der Waals surface area contributed by atoms with Crippen molar-refractivity contribution in [2.45, 2.75) is 105 Å². The Morgan fingerprint density at radius 3 is 2.11 bits per heavy atom. The van der Waals surface area contributed by atoms with Crippen LogP contribution < -0.4 is 0 Å². The highest BCUT2D eigenvalue weighted by Crippen LogP contribution is 2.59. The number of carbonyl (C=O) groups is 4. The van der Waals surface area contributed by atoms with E-state index in [1.807, 2.05) is 20.8 Å². The number of hydrogen-bond acceptors (Lipinski definition) is 8. The fraction of sp³-hybridized carbons (Fsp3) is 0.857. The van der Waals surface area contributed by atoms with Crippen LogP contribution in [0.2, 0.25) is 0 Å². The van der Waals surface area contributed by atoms with Crippen molar-refractivity contribution >= 4 is 23.9 Å². The molecule has 1 heterocycles. The summed E-state index contributed by atoms with van der Waals surface area (Å²) in [7, 11) is 0. The van der Waals surface area contributed by atoms with E-state index in [4.69, 9.17) is 14.2 Å². The van der Waals surface area contributed by atoms with E-state index in [1.54, 1.807) is 13.8 Å². The van der Waals surface area contributed by atoms with E-state index in [0.29, 0.717) is 18.8 Å². The maximum absolute atomic E-state index is 12.2. The van der Waals surface area contributed by atoms with Gasteiger partial charge in [-0.05, 0) is 89.9 Å². The molecule has 1 aliphatic heterocycles. The standard InChI is InChI=1S/C16H26O2.C12H18O6/c1-4-16(2,3)15(17)18-14-9-10-8-13(14)12-7-5-6-11(10)12;1-4-12(2,3)11(15)17-7-9(13)18-8-5-6-16-10(8)14/h10-14H,4-9H2,1-3H3;8H,4-7H2,1-3H3. The molecule has 0 spiro atoms. The molecule has 2 bridgehead atoms. The monoisotopic (exact) mass is 508 g/mol. The molecule has 8 heteroatoms. The molecule has 36 heavy (non-hydrogen) atoms. The van der Waals surface area contributed by atoms with Crippen molar-refractivity contribution in [3.63, 3.8) is 0 Å². The van der Waals surface area contributed by atoms with Crippen LogP contribution in [0.25, 0.3) is 0 Å². The zero-order valence-electron chi connectivity index (χ0n) is 22.8. The van der Waals surface area contributed by atoms with E-state index in [0.717, 1.165) is 30.6 Å². The van der Waals surface area contributed by atoms with Gasteiger partial charge < -0.3 is 18.9 Å². The molecule has 1 saturated heterocycles. The first kappa shape index (κ1) is 28.5. The number of cyclic esters (lactones) is 1. The number of rotatable bonds is 8. The molecule has 0 aromatic heterocycles. The van der Waals surface area contributed by atoms with Gasteiger partial charge in [0.15, 0.2) is 6.61 Å². The Labute approximate surface area is 215 Å². The van der Waals surface area contributed by atoms with Gasteiger partial charge in [-0.2, -0.15) is 0 Å². The van der Waals surface area contributed by atoms with Gasteiger partial charge in [0.05, 0.1) is 17.4 Å². The molecule has 4 fully saturated rings. The van der Waals surface area contributed by atoms with Crippen LogP contribution in [0.1, 0.15) is 92.9 Å². The molecule has 0 radical (unpaired) electrons. The van der Waals surface area contributed by atoms with Gasteiger partial charge in [0, 0.05) is 6.42 Å². The third-order valence-electron chi connectivity index (χ3n) is 8.98. The maximum atomic E-state index is 12.2. The molecule has 4 aliphatic rings. The second kappa shape index (κ2) is 11.5. The van der Waals surface area contributed by atoms with Crippen LogP contribution in [0.3, 0.4) is 0 Å². The molecule has 8 nitrogen and oxygen atoms in total. The largest absolute Gasteiger partial charge is 0.463 e. The summed E-state index contributed by atoms with van der Waals surface area (Å²) in [6, 6.07) is 0. The summed E-state index contributed by atoms with van der Waals surface area (Å²) in [6.07, 6.45) is 7.90. The summed E-state index contributed by atoms with van der Waals surface area (Å²) in [4.78, 5) is 46.2. The van der Waals surface area contributed by atoms with Crippen LogP contribution in [0.4, 0.5) is 0 Å². The van der Waals surface area contributed by atoms with Gasteiger partial charge in [-0.15, -0.1) is 0 Å². The molecule has 3 saturated carbocycles. The molecule has 0 N–H and O–H groups in total. The summed E-state index contributed by atoms with van der Waals surface area (Å²) < 4.78 is 20.2. The minimum absolute atomic E-state index is 0.0251. The number of esters is 4. The van der Waals surface area contributed by atoms with Gasteiger partial charge in [0.25, 0.3) is 0 Å². The summed E-state index contributed by atoms with van der Waals surface area (Å²) in [5, 5.41) is 0. The third kappa shape index (κ3) is 6.41. The summed E-state index contributed by atoms with van der Waals surface area (Å²) in [6.45, 7) is 11.2. The molecule has 204 valence electrons. The summed E-state index contributed by atoms with van der Waals surface area (Å²) in [5.41, 5.74) is -0.941. The first-order chi connectivity index (χ1) is 16.9. The Balaban J connectivity index is 0.000000201. The Bertz CT molecular complexity index is 831. The fourth-order valence-electron chi connectivity index (χ4n) is 5.82. The minimum atomic E-state index is -0.865. The van der Waals surface area contributed by atoms with E-state index >= 15 is 0 Å². The third-order valence-corrected chi connectivity index (χ3v) is 8.98. The van der Waals surface area contributed by atoms with Gasteiger partial charge in [-0.3, -0.25) is 9.59 Å². The van der Waals surface area contributed by atoms with Gasteiger partial charge >= 0.3 is 23.9 Å². The molecule has 0 amide bonds. The second-order valence-electron chi connectivity index (χ2n) is 12.1. The second-order valence-corrected chi connectivity index (χ2v) is 12.1. The molecule has 4 rings (SSSR count). The van der Waals surface area contributed by atoms with E-state index in [2.05, 4.69) is 11.7 Å². The molecular weight excluding hydrogens is 464 g/mol. The van der Waals surface area contributed by atoms with E-state index < -0.39 is 36.0 Å². The van der Waals surface area contributed by atoms with Crippen molar-refractivity contribution in [3.8, 4) is 0 Å². The van der Waals surface area contributed by atoms with Crippen LogP contribution >= 0.6 is 0 Å². The topological polar surface area (TPSA) is 105 Å².